The van der Waals surface area contributed by atoms with Crippen LogP contribution in [-0.4, -0.2) is 23.0 Å². The molecule has 4 nitrogen and oxygen atoms in total. The molecule has 0 aliphatic carbocycles. The molecule has 106 valence electrons. The van der Waals surface area contributed by atoms with Crippen molar-refractivity contribution < 1.29 is 22.7 Å². The lowest BCUT2D eigenvalue weighted by Crippen LogP contribution is -2.05. The minimum Gasteiger partial charge on any atom is -0.464 e. The second-order valence-corrected chi connectivity index (χ2v) is 4.30. The molecule has 0 spiro atoms. The summed E-state index contributed by atoms with van der Waals surface area (Å²) < 4.78 is 42.2. The van der Waals surface area contributed by atoms with Gasteiger partial charge < -0.3 is 14.7 Å². The summed E-state index contributed by atoms with van der Waals surface area (Å²) in [5.74, 6) is -0.660. The maximum absolute atomic E-state index is 12.5. The van der Waals surface area contributed by atoms with E-state index in [0.717, 1.165) is 12.1 Å². The Bertz CT molecular complexity index is 686. The lowest BCUT2D eigenvalue weighted by molar-refractivity contribution is -0.137. The van der Waals surface area contributed by atoms with Gasteiger partial charge in [-0.2, -0.15) is 13.2 Å². The van der Waals surface area contributed by atoms with Crippen LogP contribution in [0.1, 0.15) is 16.1 Å². The minimum absolute atomic E-state index is 0.0669. The highest BCUT2D eigenvalue weighted by Crippen LogP contribution is 2.31. The summed E-state index contributed by atoms with van der Waals surface area (Å²) in [5, 5.41) is 0. The van der Waals surface area contributed by atoms with E-state index in [-0.39, 0.29) is 16.2 Å². The average Bonchev–Trinajstić information content (AvgIpc) is 2.79. The number of aromatic nitrogens is 2. The number of carbonyl (C=O) groups is 1. The lowest BCUT2D eigenvalue weighted by atomic mass is 10.1. The van der Waals surface area contributed by atoms with E-state index in [4.69, 9.17) is 12.2 Å². The number of aromatic amines is 2. The molecule has 0 fully saturated rings. The third kappa shape index (κ3) is 2.74. The fourth-order valence-electron chi connectivity index (χ4n) is 1.68. The Hall–Kier alpha value is -2.09. The number of hydrogen-bond donors (Lipinski definition) is 2. The van der Waals surface area contributed by atoms with Gasteiger partial charge >= 0.3 is 12.1 Å². The van der Waals surface area contributed by atoms with Crippen molar-refractivity contribution in [1.29, 1.82) is 0 Å². The SMILES string of the molecule is COC(=O)c1[nH]c(=S)[nH]c1-c1ccc(C(F)(F)F)cc1. The Morgan fingerprint density at radius 2 is 1.80 bits per heavy atom. The molecule has 1 heterocycles. The molecule has 2 aromatic rings. The van der Waals surface area contributed by atoms with Gasteiger partial charge in [0.15, 0.2) is 10.5 Å². The van der Waals surface area contributed by atoms with Gasteiger partial charge in [0.2, 0.25) is 0 Å². The van der Waals surface area contributed by atoms with Gasteiger partial charge in [-0.15, -0.1) is 0 Å². The van der Waals surface area contributed by atoms with Crippen molar-refractivity contribution in [3.8, 4) is 11.3 Å². The molecular weight excluding hydrogens is 293 g/mol. The highest BCUT2D eigenvalue weighted by molar-refractivity contribution is 7.71. The Kier molecular flexibility index (Phi) is 3.67. The molecule has 0 aliphatic rings. The topological polar surface area (TPSA) is 57.9 Å². The van der Waals surface area contributed by atoms with Crippen molar-refractivity contribution in [2.75, 3.05) is 7.11 Å². The first kappa shape index (κ1) is 14.3. The molecule has 1 aromatic heterocycles. The van der Waals surface area contributed by atoms with Gasteiger partial charge in [0.25, 0.3) is 0 Å². The predicted octanol–water partition coefficient (Wildman–Crippen LogP) is 3.54. The van der Waals surface area contributed by atoms with E-state index in [0.29, 0.717) is 5.56 Å². The van der Waals surface area contributed by atoms with Crippen LogP contribution in [-0.2, 0) is 10.9 Å². The molecule has 0 saturated heterocycles. The molecule has 2 N–H and O–H groups in total. The summed E-state index contributed by atoms with van der Waals surface area (Å²) >= 11 is 4.87. The second-order valence-electron chi connectivity index (χ2n) is 3.90. The van der Waals surface area contributed by atoms with Gasteiger partial charge in [-0.1, -0.05) is 12.1 Å². The molecule has 0 saturated carbocycles. The van der Waals surface area contributed by atoms with Crippen LogP contribution in [0.5, 0.6) is 0 Å². The van der Waals surface area contributed by atoms with Gasteiger partial charge in [0.1, 0.15) is 0 Å². The Morgan fingerprint density at radius 3 is 2.30 bits per heavy atom. The standard InChI is InChI=1S/C12H9F3N2O2S/c1-19-10(18)9-8(16-11(20)17-9)6-2-4-7(5-3-6)12(13,14)15/h2-5H,1H3,(H2,16,17,20). The molecule has 0 bridgehead atoms. The number of halogens is 3. The van der Waals surface area contributed by atoms with Crippen LogP contribution in [0.25, 0.3) is 11.3 Å². The van der Waals surface area contributed by atoms with Crippen molar-refractivity contribution >= 4 is 18.2 Å². The van der Waals surface area contributed by atoms with E-state index in [9.17, 15) is 18.0 Å². The second kappa shape index (κ2) is 5.12. The normalized spacial score (nSPS) is 11.4. The molecule has 0 amide bonds. The van der Waals surface area contributed by atoms with E-state index in [1.807, 2.05) is 0 Å². The average molecular weight is 302 g/mol. The monoisotopic (exact) mass is 302 g/mol. The number of H-pyrrole nitrogens is 2. The Labute approximate surface area is 116 Å². The number of benzene rings is 1. The van der Waals surface area contributed by atoms with Gasteiger partial charge in [-0.25, -0.2) is 4.79 Å². The first-order valence-electron chi connectivity index (χ1n) is 5.41. The summed E-state index contributed by atoms with van der Waals surface area (Å²) in [5.41, 5.74) is -0.0198. The van der Waals surface area contributed by atoms with Crippen LogP contribution >= 0.6 is 12.2 Å². The molecule has 0 atom stereocenters. The van der Waals surface area contributed by atoms with Crippen molar-refractivity contribution in [1.82, 2.24) is 9.97 Å². The summed E-state index contributed by atoms with van der Waals surface area (Å²) in [4.78, 5) is 16.9. The highest BCUT2D eigenvalue weighted by Gasteiger charge is 2.30. The number of carbonyl (C=O) groups excluding carboxylic acids is 1. The zero-order chi connectivity index (χ0) is 14.9. The first-order chi connectivity index (χ1) is 9.32. The van der Waals surface area contributed by atoms with E-state index in [1.54, 1.807) is 0 Å². The van der Waals surface area contributed by atoms with Crippen LogP contribution < -0.4 is 0 Å². The smallest absolute Gasteiger partial charge is 0.416 e. The van der Waals surface area contributed by atoms with Crippen molar-refractivity contribution in [2.24, 2.45) is 0 Å². The van der Waals surface area contributed by atoms with Crippen molar-refractivity contribution in [2.45, 2.75) is 6.18 Å². The first-order valence-corrected chi connectivity index (χ1v) is 5.82. The highest BCUT2D eigenvalue weighted by atomic mass is 32.1. The van der Waals surface area contributed by atoms with Crippen LogP contribution in [0.3, 0.4) is 0 Å². The molecular formula is C12H9F3N2O2S. The van der Waals surface area contributed by atoms with Crippen LogP contribution in [0.2, 0.25) is 0 Å². The van der Waals surface area contributed by atoms with E-state index in [2.05, 4.69) is 14.7 Å². The largest absolute Gasteiger partial charge is 0.464 e. The molecule has 20 heavy (non-hydrogen) atoms. The molecule has 0 unspecified atom stereocenters. The number of methoxy groups -OCH3 is 1. The number of esters is 1. The van der Waals surface area contributed by atoms with Gasteiger partial charge in [-0.05, 0) is 24.4 Å². The summed E-state index contributed by atoms with van der Waals surface area (Å²) in [6, 6.07) is 4.37. The Morgan fingerprint density at radius 1 is 1.20 bits per heavy atom. The number of hydrogen-bond acceptors (Lipinski definition) is 3. The number of imidazole rings is 1. The molecule has 0 aliphatic heterocycles. The predicted molar refractivity (Wildman–Crippen MR) is 67.8 cm³/mol. The van der Waals surface area contributed by atoms with E-state index < -0.39 is 17.7 Å². The summed E-state index contributed by atoms with van der Waals surface area (Å²) in [6.45, 7) is 0. The number of rotatable bonds is 2. The van der Waals surface area contributed by atoms with Gasteiger partial charge in [0.05, 0.1) is 18.4 Å². The number of alkyl halides is 3. The number of ether oxygens (including phenoxy) is 1. The summed E-state index contributed by atoms with van der Waals surface area (Å²) in [7, 11) is 1.20. The van der Waals surface area contributed by atoms with Crippen LogP contribution in [0.4, 0.5) is 13.2 Å². The van der Waals surface area contributed by atoms with E-state index >= 15 is 0 Å². The lowest BCUT2D eigenvalue weighted by Gasteiger charge is -2.07. The maximum atomic E-state index is 12.5. The zero-order valence-electron chi connectivity index (χ0n) is 10.2. The quantitative estimate of drug-likeness (QED) is 0.659. The molecule has 2 rings (SSSR count). The van der Waals surface area contributed by atoms with E-state index in [1.165, 1.54) is 19.2 Å². The maximum Gasteiger partial charge on any atom is 0.416 e. The van der Waals surface area contributed by atoms with Crippen molar-refractivity contribution in [3.05, 3.63) is 40.3 Å². The van der Waals surface area contributed by atoms with Gasteiger partial charge in [-0.3, -0.25) is 0 Å². The third-order valence-electron chi connectivity index (χ3n) is 2.62. The minimum atomic E-state index is -4.41. The van der Waals surface area contributed by atoms with Crippen molar-refractivity contribution in [3.63, 3.8) is 0 Å². The Balaban J connectivity index is 2.47. The van der Waals surface area contributed by atoms with Crippen LogP contribution in [0.15, 0.2) is 24.3 Å². The third-order valence-corrected chi connectivity index (χ3v) is 2.82. The zero-order valence-corrected chi connectivity index (χ0v) is 11.0. The fraction of sp³-hybridized carbons (Fsp3) is 0.167. The summed E-state index contributed by atoms with van der Waals surface area (Å²) in [6.07, 6.45) is -4.41. The van der Waals surface area contributed by atoms with Crippen LogP contribution in [0, 0.1) is 4.77 Å². The fourth-order valence-corrected chi connectivity index (χ4v) is 1.88. The molecule has 8 heteroatoms. The molecule has 1 aromatic carbocycles. The van der Waals surface area contributed by atoms with Gasteiger partial charge in [0, 0.05) is 5.56 Å². The molecule has 0 radical (unpaired) electrons. The number of nitrogens with one attached hydrogen (secondary N) is 2.